The molecule has 1 saturated heterocycles. The first-order valence-electron chi connectivity index (χ1n) is 8.72. The molecule has 2 aromatic rings. The second-order valence-electron chi connectivity index (χ2n) is 7.54. The first-order valence-corrected chi connectivity index (χ1v) is 8.72. The molecule has 0 spiro atoms. The SMILES string of the molecule is CC(C)(C)NC(=O)N1CCCN(C(=O)c2ccc3oc(=O)[nH]c3c2)CC1. The lowest BCUT2D eigenvalue weighted by Gasteiger charge is -2.27. The Morgan fingerprint density at radius 1 is 1.12 bits per heavy atom. The average Bonchev–Trinajstić information content (AvgIpc) is 2.76. The van der Waals surface area contributed by atoms with E-state index in [1.165, 1.54) is 0 Å². The number of carbonyl (C=O) groups excluding carboxylic acids is 2. The van der Waals surface area contributed by atoms with Crippen LogP contribution in [-0.4, -0.2) is 58.4 Å². The van der Waals surface area contributed by atoms with Gasteiger partial charge in [-0.3, -0.25) is 9.78 Å². The second kappa shape index (κ2) is 6.86. The number of oxazole rings is 1. The van der Waals surface area contributed by atoms with Crippen LogP contribution < -0.4 is 11.1 Å². The van der Waals surface area contributed by atoms with Gasteiger partial charge in [-0.15, -0.1) is 0 Å². The van der Waals surface area contributed by atoms with E-state index in [1.807, 2.05) is 20.8 Å². The molecule has 1 fully saturated rings. The standard InChI is InChI=1S/C18H24N4O4/c1-18(2,3)20-16(24)22-8-4-7-21(9-10-22)15(23)12-5-6-14-13(11-12)19-17(25)26-14/h5-6,11H,4,7-10H2,1-3H3,(H,19,25)(H,20,24). The number of rotatable bonds is 1. The van der Waals surface area contributed by atoms with Crippen LogP contribution in [-0.2, 0) is 0 Å². The van der Waals surface area contributed by atoms with Crippen LogP contribution in [0.3, 0.4) is 0 Å². The van der Waals surface area contributed by atoms with E-state index >= 15 is 0 Å². The minimum absolute atomic E-state index is 0.107. The Labute approximate surface area is 151 Å². The van der Waals surface area contributed by atoms with Crippen molar-refractivity contribution >= 4 is 23.0 Å². The van der Waals surface area contributed by atoms with Gasteiger partial charge in [0.15, 0.2) is 5.58 Å². The van der Waals surface area contributed by atoms with Crippen molar-refractivity contribution < 1.29 is 14.0 Å². The van der Waals surface area contributed by atoms with Crippen LogP contribution >= 0.6 is 0 Å². The van der Waals surface area contributed by atoms with E-state index in [0.29, 0.717) is 49.3 Å². The topological polar surface area (TPSA) is 98.7 Å². The van der Waals surface area contributed by atoms with E-state index in [0.717, 1.165) is 0 Å². The number of nitrogens with one attached hydrogen (secondary N) is 2. The van der Waals surface area contributed by atoms with Crippen molar-refractivity contribution in [3.8, 4) is 0 Å². The second-order valence-corrected chi connectivity index (χ2v) is 7.54. The summed E-state index contributed by atoms with van der Waals surface area (Å²) in [5.74, 6) is -0.660. The summed E-state index contributed by atoms with van der Waals surface area (Å²) < 4.78 is 4.96. The molecule has 0 aliphatic carbocycles. The fourth-order valence-corrected chi connectivity index (χ4v) is 2.99. The summed E-state index contributed by atoms with van der Waals surface area (Å²) in [7, 11) is 0. The normalized spacial score (nSPS) is 15.8. The van der Waals surface area contributed by atoms with Crippen molar-refractivity contribution in [3.05, 3.63) is 34.3 Å². The molecule has 1 aromatic carbocycles. The van der Waals surface area contributed by atoms with Gasteiger partial charge in [0.25, 0.3) is 5.91 Å². The zero-order valence-electron chi connectivity index (χ0n) is 15.3. The zero-order valence-corrected chi connectivity index (χ0v) is 15.3. The van der Waals surface area contributed by atoms with Crippen molar-refractivity contribution in [2.24, 2.45) is 0 Å². The molecule has 0 unspecified atom stereocenters. The minimum Gasteiger partial charge on any atom is -0.408 e. The third kappa shape index (κ3) is 4.07. The lowest BCUT2D eigenvalue weighted by Crippen LogP contribution is -2.49. The van der Waals surface area contributed by atoms with Gasteiger partial charge in [0.05, 0.1) is 5.52 Å². The lowest BCUT2D eigenvalue weighted by atomic mass is 10.1. The molecular formula is C18H24N4O4. The molecule has 0 bridgehead atoms. The summed E-state index contributed by atoms with van der Waals surface area (Å²) in [6, 6.07) is 4.78. The Kier molecular flexibility index (Phi) is 4.76. The number of H-pyrrole nitrogens is 1. The maximum atomic E-state index is 12.8. The van der Waals surface area contributed by atoms with Gasteiger partial charge >= 0.3 is 11.8 Å². The van der Waals surface area contributed by atoms with E-state index < -0.39 is 5.76 Å². The molecule has 8 heteroatoms. The van der Waals surface area contributed by atoms with Crippen LogP contribution in [0.5, 0.6) is 0 Å². The average molecular weight is 360 g/mol. The lowest BCUT2D eigenvalue weighted by molar-refractivity contribution is 0.0762. The fourth-order valence-electron chi connectivity index (χ4n) is 2.99. The minimum atomic E-state index is -0.542. The number of nitrogens with zero attached hydrogens (tertiary/aromatic N) is 2. The summed E-state index contributed by atoms with van der Waals surface area (Å²) in [4.78, 5) is 42.4. The molecule has 1 aliphatic heterocycles. The van der Waals surface area contributed by atoms with Crippen molar-refractivity contribution in [2.45, 2.75) is 32.7 Å². The van der Waals surface area contributed by atoms with E-state index in [2.05, 4.69) is 10.3 Å². The molecular weight excluding hydrogens is 336 g/mol. The van der Waals surface area contributed by atoms with E-state index in [1.54, 1.807) is 28.0 Å². The summed E-state index contributed by atoms with van der Waals surface area (Å²) >= 11 is 0. The number of urea groups is 1. The Morgan fingerprint density at radius 2 is 1.81 bits per heavy atom. The van der Waals surface area contributed by atoms with Gasteiger partial charge < -0.3 is 19.5 Å². The maximum absolute atomic E-state index is 12.8. The number of amides is 3. The third-order valence-electron chi connectivity index (χ3n) is 4.22. The van der Waals surface area contributed by atoms with Crippen molar-refractivity contribution in [3.63, 3.8) is 0 Å². The number of aromatic nitrogens is 1. The van der Waals surface area contributed by atoms with Gasteiger partial charge in [-0.05, 0) is 45.4 Å². The quantitative estimate of drug-likeness (QED) is 0.810. The summed E-state index contributed by atoms with van der Waals surface area (Å²) in [5.41, 5.74) is 1.12. The van der Waals surface area contributed by atoms with Gasteiger partial charge in [-0.2, -0.15) is 0 Å². The van der Waals surface area contributed by atoms with Crippen LogP contribution in [0, 0.1) is 0 Å². The van der Waals surface area contributed by atoms with Crippen LogP contribution in [0.2, 0.25) is 0 Å². The first kappa shape index (κ1) is 18.0. The molecule has 0 saturated carbocycles. The highest BCUT2D eigenvalue weighted by atomic mass is 16.4. The van der Waals surface area contributed by atoms with Crippen molar-refractivity contribution in [2.75, 3.05) is 26.2 Å². The number of aromatic amines is 1. The fraction of sp³-hybridized carbons (Fsp3) is 0.500. The predicted octanol–water partition coefficient (Wildman–Crippen LogP) is 1.78. The number of hydrogen-bond acceptors (Lipinski definition) is 4. The monoisotopic (exact) mass is 360 g/mol. The maximum Gasteiger partial charge on any atom is 0.417 e. The van der Waals surface area contributed by atoms with Crippen LogP contribution in [0.1, 0.15) is 37.6 Å². The van der Waals surface area contributed by atoms with Crippen LogP contribution in [0.15, 0.2) is 27.4 Å². The summed E-state index contributed by atoms with van der Waals surface area (Å²) in [5, 5.41) is 2.95. The molecule has 3 rings (SSSR count). The van der Waals surface area contributed by atoms with E-state index in [-0.39, 0.29) is 17.5 Å². The highest BCUT2D eigenvalue weighted by Gasteiger charge is 2.25. The summed E-state index contributed by atoms with van der Waals surface area (Å²) in [6.07, 6.45) is 0.716. The van der Waals surface area contributed by atoms with Gasteiger partial charge in [0, 0.05) is 37.3 Å². The molecule has 140 valence electrons. The molecule has 2 N–H and O–H groups in total. The Morgan fingerprint density at radius 3 is 2.54 bits per heavy atom. The van der Waals surface area contributed by atoms with E-state index in [9.17, 15) is 14.4 Å². The van der Waals surface area contributed by atoms with Gasteiger partial charge in [0.1, 0.15) is 0 Å². The molecule has 1 aliphatic rings. The van der Waals surface area contributed by atoms with Crippen LogP contribution in [0.25, 0.3) is 11.1 Å². The number of benzene rings is 1. The third-order valence-corrected chi connectivity index (χ3v) is 4.22. The highest BCUT2D eigenvalue weighted by Crippen LogP contribution is 2.15. The molecule has 3 amide bonds. The summed E-state index contributed by atoms with van der Waals surface area (Å²) in [6.45, 7) is 7.96. The van der Waals surface area contributed by atoms with Gasteiger partial charge in [-0.25, -0.2) is 9.59 Å². The van der Waals surface area contributed by atoms with Crippen molar-refractivity contribution in [1.29, 1.82) is 0 Å². The zero-order chi connectivity index (χ0) is 18.9. The molecule has 8 nitrogen and oxygen atoms in total. The van der Waals surface area contributed by atoms with E-state index in [4.69, 9.17) is 4.42 Å². The Bertz CT molecular complexity index is 877. The molecule has 26 heavy (non-hydrogen) atoms. The van der Waals surface area contributed by atoms with Gasteiger partial charge in [0.2, 0.25) is 0 Å². The number of carbonyl (C=O) groups is 2. The smallest absolute Gasteiger partial charge is 0.408 e. The molecule has 0 radical (unpaired) electrons. The van der Waals surface area contributed by atoms with Crippen molar-refractivity contribution in [1.82, 2.24) is 20.1 Å². The highest BCUT2D eigenvalue weighted by molar-refractivity contribution is 5.97. The predicted molar refractivity (Wildman–Crippen MR) is 97.2 cm³/mol. The van der Waals surface area contributed by atoms with Gasteiger partial charge in [-0.1, -0.05) is 0 Å². The Balaban J connectivity index is 1.68. The largest absolute Gasteiger partial charge is 0.417 e. The molecule has 0 atom stereocenters. The molecule has 2 heterocycles. The molecule has 1 aromatic heterocycles. The first-order chi connectivity index (χ1) is 12.2. The number of fused-ring (bicyclic) bond motifs is 1. The number of hydrogen-bond donors (Lipinski definition) is 2. The van der Waals surface area contributed by atoms with Crippen LogP contribution in [0.4, 0.5) is 4.79 Å². The Hall–Kier alpha value is -2.77.